The van der Waals surface area contributed by atoms with E-state index in [0.717, 1.165) is 5.56 Å². The Morgan fingerprint density at radius 2 is 1.64 bits per heavy atom. The highest BCUT2D eigenvalue weighted by molar-refractivity contribution is 7.89. The standard InChI is InChI=1S/C17H19N3O4S/c1-12(21)19-16(11-13-5-3-2-4-6-13)17(22)20-14-7-9-15(10-8-14)25(18,23)24/h2-10,16H,11H2,1H3,(H,19,21)(H,20,22)(H2,18,23,24)/t16-/m0/s1. The van der Waals surface area contributed by atoms with Crippen molar-refractivity contribution in [1.82, 2.24) is 5.32 Å². The lowest BCUT2D eigenvalue weighted by Crippen LogP contribution is -2.44. The van der Waals surface area contributed by atoms with Gasteiger partial charge in [0.05, 0.1) is 4.90 Å². The lowest BCUT2D eigenvalue weighted by molar-refractivity contribution is -0.125. The number of amides is 2. The molecule has 4 N–H and O–H groups in total. The van der Waals surface area contributed by atoms with Gasteiger partial charge in [-0.15, -0.1) is 0 Å². The molecule has 0 aliphatic carbocycles. The third-order valence-electron chi connectivity index (χ3n) is 3.43. The zero-order valence-corrected chi connectivity index (χ0v) is 14.4. The van der Waals surface area contributed by atoms with Crippen LogP contribution in [0, 0.1) is 0 Å². The van der Waals surface area contributed by atoms with Crippen LogP contribution in [-0.2, 0) is 26.0 Å². The highest BCUT2D eigenvalue weighted by Crippen LogP contribution is 2.13. The Labute approximate surface area is 146 Å². The average molecular weight is 361 g/mol. The molecule has 0 aliphatic heterocycles. The van der Waals surface area contributed by atoms with E-state index in [1.165, 1.54) is 31.2 Å². The molecule has 2 aromatic carbocycles. The van der Waals surface area contributed by atoms with E-state index in [-0.39, 0.29) is 10.8 Å². The number of carbonyl (C=O) groups is 2. The maximum Gasteiger partial charge on any atom is 0.247 e. The molecule has 2 rings (SSSR count). The van der Waals surface area contributed by atoms with E-state index < -0.39 is 22.0 Å². The van der Waals surface area contributed by atoms with Crippen molar-refractivity contribution in [3.05, 3.63) is 60.2 Å². The van der Waals surface area contributed by atoms with Crippen LogP contribution in [0.4, 0.5) is 5.69 Å². The number of nitrogens with two attached hydrogens (primary N) is 1. The number of hydrogen-bond acceptors (Lipinski definition) is 4. The minimum Gasteiger partial charge on any atom is -0.344 e. The first kappa shape index (κ1) is 18.6. The number of nitrogens with one attached hydrogen (secondary N) is 2. The number of sulfonamides is 1. The number of primary sulfonamides is 1. The molecule has 0 aromatic heterocycles. The number of hydrogen-bond donors (Lipinski definition) is 3. The Balaban J connectivity index is 2.12. The summed E-state index contributed by atoms with van der Waals surface area (Å²) in [5.41, 5.74) is 1.31. The second kappa shape index (κ2) is 7.91. The number of benzene rings is 2. The summed E-state index contributed by atoms with van der Waals surface area (Å²) in [6, 6.07) is 14.0. The molecular weight excluding hydrogens is 342 g/mol. The highest BCUT2D eigenvalue weighted by Gasteiger charge is 2.20. The van der Waals surface area contributed by atoms with Crippen molar-refractivity contribution in [2.45, 2.75) is 24.3 Å². The summed E-state index contributed by atoms with van der Waals surface area (Å²) >= 11 is 0. The van der Waals surface area contributed by atoms with Crippen LogP contribution in [0.15, 0.2) is 59.5 Å². The second-order valence-corrected chi connectivity index (χ2v) is 7.06. The fourth-order valence-electron chi connectivity index (χ4n) is 2.26. The maximum atomic E-state index is 12.5. The van der Waals surface area contributed by atoms with Crippen molar-refractivity contribution in [3.63, 3.8) is 0 Å². The van der Waals surface area contributed by atoms with E-state index in [9.17, 15) is 18.0 Å². The van der Waals surface area contributed by atoms with Crippen LogP contribution in [0.1, 0.15) is 12.5 Å². The van der Waals surface area contributed by atoms with Crippen molar-refractivity contribution in [2.24, 2.45) is 5.14 Å². The van der Waals surface area contributed by atoms with E-state index in [4.69, 9.17) is 5.14 Å². The smallest absolute Gasteiger partial charge is 0.247 e. The van der Waals surface area contributed by atoms with Gasteiger partial charge < -0.3 is 10.6 Å². The molecular formula is C17H19N3O4S. The summed E-state index contributed by atoms with van der Waals surface area (Å²) in [6.45, 7) is 1.34. The Kier molecular flexibility index (Phi) is 5.89. The maximum absolute atomic E-state index is 12.5. The van der Waals surface area contributed by atoms with Crippen molar-refractivity contribution >= 4 is 27.5 Å². The lowest BCUT2D eigenvalue weighted by atomic mass is 10.1. The van der Waals surface area contributed by atoms with E-state index in [0.29, 0.717) is 12.1 Å². The lowest BCUT2D eigenvalue weighted by Gasteiger charge is -2.18. The first-order valence-electron chi connectivity index (χ1n) is 7.50. The van der Waals surface area contributed by atoms with E-state index in [1.54, 1.807) is 0 Å². The molecule has 0 unspecified atom stereocenters. The van der Waals surface area contributed by atoms with Crippen LogP contribution >= 0.6 is 0 Å². The Bertz CT molecular complexity index is 849. The molecule has 1 atom stereocenters. The first-order valence-corrected chi connectivity index (χ1v) is 9.05. The van der Waals surface area contributed by atoms with Gasteiger partial charge in [-0.05, 0) is 29.8 Å². The predicted molar refractivity (Wildman–Crippen MR) is 94.2 cm³/mol. The Morgan fingerprint density at radius 1 is 1.04 bits per heavy atom. The van der Waals surface area contributed by atoms with Gasteiger partial charge in [-0.3, -0.25) is 9.59 Å². The van der Waals surface area contributed by atoms with Crippen molar-refractivity contribution < 1.29 is 18.0 Å². The van der Waals surface area contributed by atoms with Gasteiger partial charge in [0.2, 0.25) is 21.8 Å². The topological polar surface area (TPSA) is 118 Å². The second-order valence-electron chi connectivity index (χ2n) is 5.50. The molecule has 0 bridgehead atoms. The fourth-order valence-corrected chi connectivity index (χ4v) is 2.78. The molecule has 7 nitrogen and oxygen atoms in total. The van der Waals surface area contributed by atoms with E-state index >= 15 is 0 Å². The highest BCUT2D eigenvalue weighted by atomic mass is 32.2. The SMILES string of the molecule is CC(=O)N[C@@H](Cc1ccccc1)C(=O)Nc1ccc(S(N)(=O)=O)cc1. The largest absolute Gasteiger partial charge is 0.344 e. The first-order chi connectivity index (χ1) is 11.8. The van der Waals surface area contributed by atoms with Crippen LogP contribution in [0.2, 0.25) is 0 Å². The number of anilines is 1. The third-order valence-corrected chi connectivity index (χ3v) is 4.36. The molecule has 0 radical (unpaired) electrons. The summed E-state index contributed by atoms with van der Waals surface area (Å²) in [4.78, 5) is 23.8. The van der Waals surface area contributed by atoms with Crippen molar-refractivity contribution in [1.29, 1.82) is 0 Å². The molecule has 8 heteroatoms. The quantitative estimate of drug-likeness (QED) is 0.712. The zero-order valence-electron chi connectivity index (χ0n) is 13.6. The Morgan fingerprint density at radius 3 is 2.16 bits per heavy atom. The van der Waals surface area contributed by atoms with Gasteiger partial charge in [0.15, 0.2) is 0 Å². The van der Waals surface area contributed by atoms with E-state index in [2.05, 4.69) is 10.6 Å². The molecule has 0 fully saturated rings. The predicted octanol–water partition coefficient (Wildman–Crippen LogP) is 1.02. The van der Waals surface area contributed by atoms with Gasteiger partial charge in [0.1, 0.15) is 6.04 Å². The van der Waals surface area contributed by atoms with Gasteiger partial charge in [0.25, 0.3) is 0 Å². The minimum absolute atomic E-state index is 0.0480. The fraction of sp³-hybridized carbons (Fsp3) is 0.176. The van der Waals surface area contributed by atoms with Crippen LogP contribution in [0.25, 0.3) is 0 Å². The molecule has 0 saturated heterocycles. The summed E-state index contributed by atoms with van der Waals surface area (Å²) in [5, 5.41) is 10.3. The summed E-state index contributed by atoms with van der Waals surface area (Å²) in [5.74, 6) is -0.719. The number of rotatable bonds is 6. The Hall–Kier alpha value is -2.71. The summed E-state index contributed by atoms with van der Waals surface area (Å²) in [7, 11) is -3.79. The summed E-state index contributed by atoms with van der Waals surface area (Å²) in [6.07, 6.45) is 0.335. The molecule has 2 aromatic rings. The summed E-state index contributed by atoms with van der Waals surface area (Å²) < 4.78 is 22.5. The van der Waals surface area contributed by atoms with Crippen LogP contribution in [0.3, 0.4) is 0 Å². The molecule has 25 heavy (non-hydrogen) atoms. The van der Waals surface area contributed by atoms with Gasteiger partial charge in [0, 0.05) is 19.0 Å². The van der Waals surface area contributed by atoms with Crippen molar-refractivity contribution in [2.75, 3.05) is 5.32 Å². The molecule has 0 spiro atoms. The molecule has 0 saturated carbocycles. The average Bonchev–Trinajstić information content (AvgIpc) is 2.54. The van der Waals surface area contributed by atoms with Gasteiger partial charge in [-0.25, -0.2) is 13.6 Å². The van der Waals surface area contributed by atoms with Crippen LogP contribution in [-0.4, -0.2) is 26.3 Å². The minimum atomic E-state index is -3.79. The normalized spacial score (nSPS) is 12.2. The molecule has 0 aliphatic rings. The number of carbonyl (C=O) groups excluding carboxylic acids is 2. The van der Waals surface area contributed by atoms with Gasteiger partial charge >= 0.3 is 0 Å². The molecule has 2 amide bonds. The third kappa shape index (κ3) is 5.70. The van der Waals surface area contributed by atoms with Crippen molar-refractivity contribution in [3.8, 4) is 0 Å². The van der Waals surface area contributed by atoms with E-state index in [1.807, 2.05) is 30.3 Å². The zero-order chi connectivity index (χ0) is 18.4. The van der Waals surface area contributed by atoms with Crippen LogP contribution in [0.5, 0.6) is 0 Å². The van der Waals surface area contributed by atoms with Gasteiger partial charge in [-0.2, -0.15) is 0 Å². The molecule has 0 heterocycles. The van der Waals surface area contributed by atoms with Gasteiger partial charge in [-0.1, -0.05) is 30.3 Å². The van der Waals surface area contributed by atoms with Crippen LogP contribution < -0.4 is 15.8 Å². The molecule has 132 valence electrons. The monoisotopic (exact) mass is 361 g/mol.